The summed E-state index contributed by atoms with van der Waals surface area (Å²) in [5, 5.41) is 0. The Morgan fingerprint density at radius 2 is 0.500 bits per heavy atom. The fourth-order valence-corrected chi connectivity index (χ4v) is 0. The van der Waals surface area contributed by atoms with Crippen LogP contribution in [0.1, 0.15) is 0 Å². The van der Waals surface area contributed by atoms with E-state index in [1.165, 1.54) is 0 Å². The Balaban J connectivity index is 0. The molecule has 0 aliphatic rings. The summed E-state index contributed by atoms with van der Waals surface area (Å²) in [5.41, 5.74) is 0. The van der Waals surface area contributed by atoms with Crippen LogP contribution in [0.15, 0.2) is 0 Å². The Bertz CT molecular complexity index is 4.00. The third-order valence-corrected chi connectivity index (χ3v) is 0. The Hall–Kier alpha value is 2.57. The molecule has 0 aromatic heterocycles. The monoisotopic (exact) mass is 496 g/mol. The number of hydrogen-bond acceptors (Lipinski definition) is 0. The summed E-state index contributed by atoms with van der Waals surface area (Å²) >= 11 is 0. The van der Waals surface area contributed by atoms with Gasteiger partial charge < -0.3 is 11.0 Å². The Labute approximate surface area is 88.7 Å². The quantitative estimate of drug-likeness (QED) is 0.445. The minimum absolute atomic E-state index is 0. The van der Waals surface area contributed by atoms with Crippen LogP contribution >= 0.6 is 0 Å². The molecule has 0 unspecified atom stereocenters. The van der Waals surface area contributed by atoms with E-state index in [4.69, 9.17) is 0 Å². The topological polar surface area (TPSA) is 57.0 Å². The average molecular weight is 496 g/mol. The van der Waals surface area contributed by atoms with Crippen LogP contribution in [0.2, 0.25) is 0 Å². The molecule has 0 heterocycles. The molecule has 0 aromatic carbocycles. The summed E-state index contributed by atoms with van der Waals surface area (Å²) in [6, 6.07) is 0. The van der Waals surface area contributed by atoms with E-state index < -0.39 is 0 Å². The maximum absolute atomic E-state index is 0. The first kappa shape index (κ1) is 30.9. The Morgan fingerprint density at radius 1 is 0.500 bits per heavy atom. The minimum atomic E-state index is 0. The van der Waals surface area contributed by atoms with Gasteiger partial charge in [-0.1, -0.05) is 0 Å². The van der Waals surface area contributed by atoms with Crippen LogP contribution in [0.5, 0.6) is 0 Å². The van der Waals surface area contributed by atoms with Gasteiger partial charge in [-0.15, -0.1) is 0 Å². The molecular weight excluding hydrogens is 496 g/mol. The van der Waals surface area contributed by atoms with Gasteiger partial charge in [0.15, 0.2) is 0 Å². The standard InChI is InChI=1S/2O.2Th/q2*-2;2*+4. The molecule has 0 aromatic rings. The van der Waals surface area contributed by atoms with Gasteiger partial charge in [0.05, 0.1) is 0 Å². The molecule has 0 aliphatic carbocycles. The van der Waals surface area contributed by atoms with E-state index in [-0.39, 0.29) is 90.8 Å². The number of rotatable bonds is 0. The average Bonchev–Trinajstić information content (AvgIpc) is 0. The second-order valence-corrected chi connectivity index (χ2v) is 0. The van der Waals surface area contributed by atoms with Crippen molar-refractivity contribution in [1.29, 1.82) is 0 Å². The predicted octanol–water partition coefficient (Wildman–Crippen LogP) is -0.238. The van der Waals surface area contributed by atoms with E-state index >= 15 is 0 Å². The zero-order chi connectivity index (χ0) is 0. The second-order valence-electron chi connectivity index (χ2n) is 0. The second kappa shape index (κ2) is 17.6. The van der Waals surface area contributed by atoms with E-state index in [2.05, 4.69) is 0 Å². The molecule has 0 bridgehead atoms. The fourth-order valence-electron chi connectivity index (χ4n) is 0. The van der Waals surface area contributed by atoms with Crippen LogP contribution in [-0.4, -0.2) is 0 Å². The van der Waals surface area contributed by atoms with Crippen molar-refractivity contribution in [2.45, 2.75) is 0 Å². The van der Waals surface area contributed by atoms with E-state index in [1.54, 1.807) is 0 Å². The van der Waals surface area contributed by atoms with Gasteiger partial charge in [0.1, 0.15) is 0 Å². The van der Waals surface area contributed by atoms with Crippen molar-refractivity contribution < 1.29 is 90.8 Å². The molecule has 0 saturated heterocycles. The smallest absolute Gasteiger partial charge is 2.00 e. The zero-order valence-electron chi connectivity index (χ0n) is 1.82. The molecule has 4 heteroatoms. The summed E-state index contributed by atoms with van der Waals surface area (Å²) < 4.78 is 0. The molecule has 0 spiro atoms. The van der Waals surface area contributed by atoms with Crippen molar-refractivity contribution in [3.8, 4) is 0 Å². The minimum Gasteiger partial charge on any atom is -2.00 e. The van der Waals surface area contributed by atoms with Crippen molar-refractivity contribution >= 4 is 0 Å². The van der Waals surface area contributed by atoms with Gasteiger partial charge in [0.2, 0.25) is 0 Å². The van der Waals surface area contributed by atoms with E-state index in [1.807, 2.05) is 0 Å². The van der Waals surface area contributed by atoms with Crippen LogP contribution in [0.25, 0.3) is 0 Å². The maximum atomic E-state index is 0. The van der Waals surface area contributed by atoms with Crippen LogP contribution in [0, 0.1) is 79.9 Å². The number of hydrogen-bond donors (Lipinski definition) is 0. The predicted molar refractivity (Wildman–Crippen MR) is 1.37 cm³/mol. The summed E-state index contributed by atoms with van der Waals surface area (Å²) in [5.74, 6) is 0. The van der Waals surface area contributed by atoms with Crippen LogP contribution in [0.4, 0.5) is 0 Å². The van der Waals surface area contributed by atoms with Gasteiger partial charge in [-0.25, -0.2) is 0 Å². The summed E-state index contributed by atoms with van der Waals surface area (Å²) in [4.78, 5) is 0. The normalized spacial score (nSPS) is 0. The summed E-state index contributed by atoms with van der Waals surface area (Å²) in [7, 11) is 0. The molecule has 16 valence electrons. The summed E-state index contributed by atoms with van der Waals surface area (Å²) in [6.45, 7) is 0. The first-order valence-corrected chi connectivity index (χ1v) is 0. The van der Waals surface area contributed by atoms with Crippen molar-refractivity contribution in [2.75, 3.05) is 0 Å². The van der Waals surface area contributed by atoms with Crippen molar-refractivity contribution in [2.24, 2.45) is 0 Å². The fraction of sp³-hybridized carbons (Fsp3) is 0. The molecule has 2 nitrogen and oxygen atoms in total. The molecule has 0 fully saturated rings. The third-order valence-electron chi connectivity index (χ3n) is 0. The molecule has 0 aliphatic heterocycles. The Kier molecular flexibility index (Phi) is 136. The molecule has 0 saturated carbocycles. The van der Waals surface area contributed by atoms with Crippen LogP contribution in [0.3, 0.4) is 0 Å². The zero-order valence-corrected chi connectivity index (χ0v) is 10.0. The molecule has 0 rings (SSSR count). The molecular formula is O2Th2+4. The molecule has 0 amide bonds. The van der Waals surface area contributed by atoms with Gasteiger partial charge in [0, 0.05) is 0 Å². The molecule has 4 heavy (non-hydrogen) atoms. The molecule has 0 N–H and O–H groups in total. The first-order valence-electron chi connectivity index (χ1n) is 0. The van der Waals surface area contributed by atoms with Gasteiger partial charge in [-0.3, -0.25) is 0 Å². The van der Waals surface area contributed by atoms with Crippen LogP contribution < -0.4 is 0 Å². The van der Waals surface area contributed by atoms with E-state index in [9.17, 15) is 0 Å². The molecule has 0 radical (unpaired) electrons. The van der Waals surface area contributed by atoms with E-state index in [0.29, 0.717) is 0 Å². The van der Waals surface area contributed by atoms with Crippen molar-refractivity contribution in [3.05, 3.63) is 0 Å². The molecule has 0 atom stereocenters. The Morgan fingerprint density at radius 3 is 0.500 bits per heavy atom. The van der Waals surface area contributed by atoms with Gasteiger partial charge in [0.25, 0.3) is 0 Å². The van der Waals surface area contributed by atoms with Crippen molar-refractivity contribution in [1.82, 2.24) is 0 Å². The summed E-state index contributed by atoms with van der Waals surface area (Å²) in [6.07, 6.45) is 0. The van der Waals surface area contributed by atoms with Crippen LogP contribution in [-0.2, 0) is 11.0 Å². The maximum Gasteiger partial charge on any atom is 4.00 e. The third kappa shape index (κ3) is 8.82. The van der Waals surface area contributed by atoms with Gasteiger partial charge in [-0.2, -0.15) is 0 Å². The van der Waals surface area contributed by atoms with E-state index in [0.717, 1.165) is 0 Å². The van der Waals surface area contributed by atoms with Crippen molar-refractivity contribution in [3.63, 3.8) is 0 Å². The SMILES string of the molecule is [O-2].[O-2].[Th+4].[Th+4]. The van der Waals surface area contributed by atoms with Gasteiger partial charge >= 0.3 is 79.9 Å². The largest absolute Gasteiger partial charge is 4.00 e. The van der Waals surface area contributed by atoms with Gasteiger partial charge in [-0.05, 0) is 0 Å². The first-order chi connectivity index (χ1) is 0.